The summed E-state index contributed by atoms with van der Waals surface area (Å²) in [5.41, 5.74) is 1.02. The first-order valence-corrected chi connectivity index (χ1v) is 13.0. The highest BCUT2D eigenvalue weighted by Crippen LogP contribution is 2.35. The summed E-state index contributed by atoms with van der Waals surface area (Å²) in [6, 6.07) is 7.93. The van der Waals surface area contributed by atoms with Crippen molar-refractivity contribution in [3.05, 3.63) is 29.8 Å². The molecule has 31 heavy (non-hydrogen) atoms. The fourth-order valence-corrected chi connectivity index (χ4v) is 4.63. The predicted molar refractivity (Wildman–Crippen MR) is 129 cm³/mol. The SMILES string of the molecule is CCCCCCCCCCCCCCCCOc1ccccc1C1CC(=O)CC(=O)C1. The molecule has 0 aromatic heterocycles. The lowest BCUT2D eigenvalue weighted by Crippen LogP contribution is -2.21. The fourth-order valence-electron chi connectivity index (χ4n) is 4.63. The van der Waals surface area contributed by atoms with Gasteiger partial charge in [0.15, 0.2) is 0 Å². The van der Waals surface area contributed by atoms with E-state index >= 15 is 0 Å². The van der Waals surface area contributed by atoms with Gasteiger partial charge in [0.2, 0.25) is 0 Å². The van der Waals surface area contributed by atoms with Gasteiger partial charge in [0.05, 0.1) is 13.0 Å². The van der Waals surface area contributed by atoms with Crippen LogP contribution >= 0.6 is 0 Å². The zero-order valence-corrected chi connectivity index (χ0v) is 19.8. The summed E-state index contributed by atoms with van der Waals surface area (Å²) in [4.78, 5) is 23.6. The van der Waals surface area contributed by atoms with Crippen LogP contribution in [0.3, 0.4) is 0 Å². The Hall–Kier alpha value is -1.64. The number of para-hydroxylation sites is 1. The summed E-state index contributed by atoms with van der Waals surface area (Å²) in [6.45, 7) is 2.99. The van der Waals surface area contributed by atoms with Crippen LogP contribution in [0, 0.1) is 0 Å². The van der Waals surface area contributed by atoms with Gasteiger partial charge in [0.1, 0.15) is 17.3 Å². The quantitative estimate of drug-likeness (QED) is 0.187. The lowest BCUT2D eigenvalue weighted by molar-refractivity contribution is -0.130. The number of benzene rings is 1. The van der Waals surface area contributed by atoms with Gasteiger partial charge >= 0.3 is 0 Å². The third-order valence-electron chi connectivity index (χ3n) is 6.46. The molecule has 0 N–H and O–H groups in total. The first-order chi connectivity index (χ1) is 15.2. The molecule has 0 spiro atoms. The van der Waals surface area contributed by atoms with E-state index in [-0.39, 0.29) is 23.9 Å². The number of unbranched alkanes of at least 4 members (excludes halogenated alkanes) is 13. The number of carbonyl (C=O) groups excluding carboxylic acids is 2. The summed E-state index contributed by atoms with van der Waals surface area (Å²) in [5.74, 6) is 0.956. The number of Topliss-reactive ketones (excluding diaryl/α,β-unsaturated/α-hetero) is 2. The number of rotatable bonds is 17. The molecule has 3 heteroatoms. The molecule has 2 rings (SSSR count). The van der Waals surface area contributed by atoms with E-state index in [9.17, 15) is 9.59 Å². The Morgan fingerprint density at radius 3 is 1.74 bits per heavy atom. The number of ether oxygens (including phenoxy) is 1. The molecule has 1 aliphatic rings. The van der Waals surface area contributed by atoms with E-state index < -0.39 is 0 Å². The van der Waals surface area contributed by atoms with E-state index in [2.05, 4.69) is 6.92 Å². The third-order valence-corrected chi connectivity index (χ3v) is 6.46. The van der Waals surface area contributed by atoms with Gasteiger partial charge in [-0.3, -0.25) is 9.59 Å². The second kappa shape index (κ2) is 16.1. The molecule has 1 saturated carbocycles. The van der Waals surface area contributed by atoms with Crippen molar-refractivity contribution in [2.45, 2.75) is 122 Å². The minimum Gasteiger partial charge on any atom is -0.493 e. The van der Waals surface area contributed by atoms with Crippen molar-refractivity contribution in [2.24, 2.45) is 0 Å². The van der Waals surface area contributed by atoms with Crippen molar-refractivity contribution in [3.63, 3.8) is 0 Å². The molecule has 174 valence electrons. The van der Waals surface area contributed by atoms with Crippen LogP contribution < -0.4 is 4.74 Å². The number of hydrogen-bond donors (Lipinski definition) is 0. The maximum atomic E-state index is 11.8. The smallest absolute Gasteiger partial charge is 0.140 e. The maximum Gasteiger partial charge on any atom is 0.140 e. The minimum absolute atomic E-state index is 0.0127. The van der Waals surface area contributed by atoms with E-state index in [0.29, 0.717) is 19.4 Å². The van der Waals surface area contributed by atoms with Crippen LogP contribution in [-0.2, 0) is 9.59 Å². The molecule has 1 aromatic carbocycles. The van der Waals surface area contributed by atoms with Crippen LogP contribution in [0.2, 0.25) is 0 Å². The van der Waals surface area contributed by atoms with Crippen LogP contribution in [0.5, 0.6) is 5.75 Å². The molecule has 0 saturated heterocycles. The molecule has 1 fully saturated rings. The second-order valence-electron chi connectivity index (χ2n) is 9.34. The molecule has 0 bridgehead atoms. The number of ketones is 2. The Morgan fingerprint density at radius 1 is 0.710 bits per heavy atom. The highest BCUT2D eigenvalue weighted by molar-refractivity contribution is 6.02. The van der Waals surface area contributed by atoms with Crippen LogP contribution in [0.1, 0.15) is 128 Å². The molecule has 0 aliphatic heterocycles. The zero-order chi connectivity index (χ0) is 22.2. The van der Waals surface area contributed by atoms with Gasteiger partial charge in [-0.05, 0) is 18.1 Å². The molecule has 0 amide bonds. The van der Waals surface area contributed by atoms with Gasteiger partial charge in [-0.15, -0.1) is 0 Å². The second-order valence-corrected chi connectivity index (χ2v) is 9.34. The first kappa shape index (κ1) is 25.6. The van der Waals surface area contributed by atoms with Crippen molar-refractivity contribution < 1.29 is 14.3 Å². The van der Waals surface area contributed by atoms with Crippen LogP contribution in [0.15, 0.2) is 24.3 Å². The third kappa shape index (κ3) is 11.0. The van der Waals surface area contributed by atoms with E-state index in [1.807, 2.05) is 24.3 Å². The Morgan fingerprint density at radius 2 is 1.19 bits per heavy atom. The normalized spacial score (nSPS) is 14.9. The summed E-state index contributed by atoms with van der Waals surface area (Å²) < 4.78 is 6.05. The Balaban J connectivity index is 1.49. The summed E-state index contributed by atoms with van der Waals surface area (Å²) in [7, 11) is 0. The monoisotopic (exact) mass is 428 g/mol. The zero-order valence-electron chi connectivity index (χ0n) is 19.8. The molecule has 0 unspecified atom stereocenters. The number of hydrogen-bond acceptors (Lipinski definition) is 3. The lowest BCUT2D eigenvalue weighted by Gasteiger charge is -2.22. The minimum atomic E-state index is -0.0127. The van der Waals surface area contributed by atoms with E-state index in [1.165, 1.54) is 83.5 Å². The van der Waals surface area contributed by atoms with Crippen molar-refractivity contribution >= 4 is 11.6 Å². The van der Waals surface area contributed by atoms with Crippen LogP contribution in [-0.4, -0.2) is 18.2 Å². The van der Waals surface area contributed by atoms with Gasteiger partial charge in [-0.1, -0.05) is 109 Å². The van der Waals surface area contributed by atoms with E-state index in [4.69, 9.17) is 4.74 Å². The lowest BCUT2D eigenvalue weighted by atomic mass is 9.82. The highest BCUT2D eigenvalue weighted by Gasteiger charge is 2.28. The molecule has 3 nitrogen and oxygen atoms in total. The van der Waals surface area contributed by atoms with E-state index in [0.717, 1.165) is 17.7 Å². The van der Waals surface area contributed by atoms with Gasteiger partial charge in [-0.25, -0.2) is 0 Å². The van der Waals surface area contributed by atoms with Crippen molar-refractivity contribution in [3.8, 4) is 5.75 Å². The highest BCUT2D eigenvalue weighted by atomic mass is 16.5. The van der Waals surface area contributed by atoms with Crippen LogP contribution in [0.4, 0.5) is 0 Å². The van der Waals surface area contributed by atoms with Gasteiger partial charge in [0.25, 0.3) is 0 Å². The molecular weight excluding hydrogens is 384 g/mol. The fraction of sp³-hybridized carbons (Fsp3) is 0.714. The summed E-state index contributed by atoms with van der Waals surface area (Å²) >= 11 is 0. The maximum absolute atomic E-state index is 11.8. The van der Waals surface area contributed by atoms with Crippen molar-refractivity contribution in [1.29, 1.82) is 0 Å². The topological polar surface area (TPSA) is 43.4 Å². The summed E-state index contributed by atoms with van der Waals surface area (Å²) in [6.07, 6.45) is 19.9. The first-order valence-electron chi connectivity index (χ1n) is 13.0. The van der Waals surface area contributed by atoms with Gasteiger partial charge in [0, 0.05) is 18.8 Å². The Bertz CT molecular complexity index is 621. The van der Waals surface area contributed by atoms with Crippen molar-refractivity contribution in [2.75, 3.05) is 6.61 Å². The Labute approximate surface area is 190 Å². The van der Waals surface area contributed by atoms with Crippen molar-refractivity contribution in [1.82, 2.24) is 0 Å². The van der Waals surface area contributed by atoms with E-state index in [1.54, 1.807) is 0 Å². The molecular formula is C28H44O3. The molecule has 1 aliphatic carbocycles. The molecule has 1 aromatic rings. The molecule has 0 atom stereocenters. The average molecular weight is 429 g/mol. The van der Waals surface area contributed by atoms with Gasteiger partial charge < -0.3 is 4.74 Å². The Kier molecular flexibility index (Phi) is 13.3. The molecule has 0 radical (unpaired) electrons. The number of carbonyl (C=O) groups is 2. The molecule has 0 heterocycles. The van der Waals surface area contributed by atoms with Crippen LogP contribution in [0.25, 0.3) is 0 Å². The van der Waals surface area contributed by atoms with Gasteiger partial charge in [-0.2, -0.15) is 0 Å². The average Bonchev–Trinajstić information content (AvgIpc) is 2.76. The summed E-state index contributed by atoms with van der Waals surface area (Å²) in [5, 5.41) is 0. The predicted octanol–water partition coefficient (Wildman–Crippen LogP) is 7.95. The standard InChI is InChI=1S/C28H44O3/c1-2-3-4-5-6-7-8-9-10-11-12-13-14-17-20-31-28-19-16-15-18-27(28)24-21-25(29)23-26(30)22-24/h15-16,18-19,24H,2-14,17,20-23H2,1H3. The largest absolute Gasteiger partial charge is 0.493 e.